The van der Waals surface area contributed by atoms with E-state index in [1.807, 2.05) is 6.92 Å². The molecule has 0 radical (unpaired) electrons. The summed E-state index contributed by atoms with van der Waals surface area (Å²) in [6.45, 7) is 1.82. The Labute approximate surface area is 181 Å². The molecular weight excluding hydrogens is 431 g/mol. The van der Waals surface area contributed by atoms with Crippen molar-refractivity contribution in [1.82, 2.24) is 0 Å². The minimum absolute atomic E-state index is 0.170. The normalized spacial score (nSPS) is 20.6. The molecule has 3 aromatic rings. The summed E-state index contributed by atoms with van der Waals surface area (Å²) in [5.74, 6) is -0.506. The third-order valence-electron chi connectivity index (χ3n) is 5.63. The minimum atomic E-state index is -1.34. The SMILES string of the molecule is COc1cc(Cl)c(OC2(C(=O)O)CCC2C)cc1-c1cc(=O)c2cccc(Cl)c2o1. The van der Waals surface area contributed by atoms with Gasteiger partial charge in [-0.3, -0.25) is 4.79 Å². The van der Waals surface area contributed by atoms with Crippen LogP contribution in [0.4, 0.5) is 0 Å². The van der Waals surface area contributed by atoms with E-state index in [0.717, 1.165) is 6.42 Å². The van der Waals surface area contributed by atoms with Gasteiger partial charge in [-0.2, -0.15) is 0 Å². The molecule has 1 aromatic heterocycles. The maximum absolute atomic E-state index is 12.6. The van der Waals surface area contributed by atoms with Crippen LogP contribution in [0, 0.1) is 5.92 Å². The average Bonchev–Trinajstić information content (AvgIpc) is 2.71. The van der Waals surface area contributed by atoms with Crippen LogP contribution >= 0.6 is 23.2 Å². The van der Waals surface area contributed by atoms with Crippen LogP contribution in [0.1, 0.15) is 19.8 Å². The average molecular weight is 449 g/mol. The molecule has 1 heterocycles. The number of rotatable bonds is 5. The molecule has 6 nitrogen and oxygen atoms in total. The Kier molecular flexibility index (Phi) is 5.16. The molecule has 0 amide bonds. The van der Waals surface area contributed by atoms with E-state index < -0.39 is 11.6 Å². The van der Waals surface area contributed by atoms with Gasteiger partial charge >= 0.3 is 5.97 Å². The summed E-state index contributed by atoms with van der Waals surface area (Å²) in [6, 6.07) is 9.27. The van der Waals surface area contributed by atoms with Gasteiger partial charge in [0.05, 0.1) is 28.1 Å². The number of benzene rings is 2. The van der Waals surface area contributed by atoms with Crippen LogP contribution in [0.15, 0.2) is 45.6 Å². The number of hydrogen-bond acceptors (Lipinski definition) is 5. The quantitative estimate of drug-likeness (QED) is 0.561. The molecule has 4 rings (SSSR count). The lowest BCUT2D eigenvalue weighted by Gasteiger charge is -2.44. The zero-order chi connectivity index (χ0) is 21.6. The van der Waals surface area contributed by atoms with Gasteiger partial charge in [0.1, 0.15) is 17.3 Å². The largest absolute Gasteiger partial charge is 0.496 e. The van der Waals surface area contributed by atoms with E-state index in [1.165, 1.54) is 25.3 Å². The van der Waals surface area contributed by atoms with Gasteiger partial charge in [0, 0.05) is 18.1 Å². The van der Waals surface area contributed by atoms with Crippen molar-refractivity contribution in [2.24, 2.45) is 5.92 Å². The highest BCUT2D eigenvalue weighted by Gasteiger charge is 2.53. The van der Waals surface area contributed by atoms with Crippen LogP contribution in [-0.4, -0.2) is 23.8 Å². The Morgan fingerprint density at radius 3 is 2.57 bits per heavy atom. The molecule has 1 aliphatic rings. The highest BCUT2D eigenvalue weighted by Crippen LogP contribution is 2.46. The van der Waals surface area contributed by atoms with Crippen LogP contribution in [0.3, 0.4) is 0 Å². The predicted molar refractivity (Wildman–Crippen MR) is 114 cm³/mol. The monoisotopic (exact) mass is 448 g/mol. The van der Waals surface area contributed by atoms with Crippen molar-refractivity contribution in [1.29, 1.82) is 0 Å². The zero-order valence-corrected chi connectivity index (χ0v) is 17.7. The van der Waals surface area contributed by atoms with Crippen molar-refractivity contribution >= 4 is 40.1 Å². The van der Waals surface area contributed by atoms with Crippen molar-refractivity contribution in [2.75, 3.05) is 7.11 Å². The molecule has 8 heteroatoms. The third-order valence-corrected chi connectivity index (χ3v) is 6.22. The first-order valence-corrected chi connectivity index (χ1v) is 10.0. The molecule has 1 N–H and O–H groups in total. The fourth-order valence-electron chi connectivity index (χ4n) is 3.65. The van der Waals surface area contributed by atoms with E-state index >= 15 is 0 Å². The summed E-state index contributed by atoms with van der Waals surface area (Å²) in [6.07, 6.45) is 1.12. The standard InChI is InChI=1S/C22H18Cl2O6/c1-11-6-7-22(11,21(26)27)30-19-8-13(17(28-2)9-15(19)24)18-10-16(25)12-4-3-5-14(23)20(12)29-18/h3-5,8-11H,6-7H2,1-2H3,(H,26,27). The van der Waals surface area contributed by atoms with Crippen LogP contribution in [-0.2, 0) is 4.79 Å². The molecular formula is C22H18Cl2O6. The van der Waals surface area contributed by atoms with E-state index in [-0.39, 0.29) is 33.5 Å². The lowest BCUT2D eigenvalue weighted by molar-refractivity contribution is -0.171. The summed E-state index contributed by atoms with van der Waals surface area (Å²) >= 11 is 12.6. The zero-order valence-electron chi connectivity index (χ0n) is 16.2. The highest BCUT2D eigenvalue weighted by molar-refractivity contribution is 6.34. The van der Waals surface area contributed by atoms with E-state index in [2.05, 4.69) is 0 Å². The summed E-state index contributed by atoms with van der Waals surface area (Å²) < 4.78 is 17.2. The fourth-order valence-corrected chi connectivity index (χ4v) is 4.06. The fraction of sp³-hybridized carbons (Fsp3) is 0.273. The summed E-state index contributed by atoms with van der Waals surface area (Å²) in [7, 11) is 1.45. The van der Waals surface area contributed by atoms with E-state index in [0.29, 0.717) is 28.1 Å². The Bertz CT molecular complexity index is 1220. The van der Waals surface area contributed by atoms with Crippen LogP contribution in [0.2, 0.25) is 10.0 Å². The van der Waals surface area contributed by atoms with Gasteiger partial charge in [0.2, 0.25) is 5.60 Å². The van der Waals surface area contributed by atoms with Crippen molar-refractivity contribution in [3.8, 4) is 22.8 Å². The Balaban J connectivity index is 1.88. The maximum Gasteiger partial charge on any atom is 0.348 e. The van der Waals surface area contributed by atoms with Crippen molar-refractivity contribution in [2.45, 2.75) is 25.4 Å². The van der Waals surface area contributed by atoms with Gasteiger partial charge < -0.3 is 19.0 Å². The number of carboxylic acid groups (broad SMARTS) is 1. The Morgan fingerprint density at radius 1 is 1.20 bits per heavy atom. The second kappa shape index (κ2) is 7.52. The lowest BCUT2D eigenvalue weighted by atomic mass is 9.70. The molecule has 2 unspecified atom stereocenters. The topological polar surface area (TPSA) is 86.0 Å². The summed E-state index contributed by atoms with van der Waals surface area (Å²) in [5, 5.41) is 10.5. The number of ether oxygens (including phenoxy) is 2. The van der Waals surface area contributed by atoms with Crippen LogP contribution in [0.5, 0.6) is 11.5 Å². The van der Waals surface area contributed by atoms with E-state index in [9.17, 15) is 14.7 Å². The molecule has 2 aromatic carbocycles. The molecule has 0 aliphatic heterocycles. The first-order chi connectivity index (χ1) is 14.3. The number of hydrogen-bond donors (Lipinski definition) is 1. The van der Waals surface area contributed by atoms with Crippen molar-refractivity contribution < 1.29 is 23.8 Å². The van der Waals surface area contributed by atoms with Crippen LogP contribution < -0.4 is 14.9 Å². The minimum Gasteiger partial charge on any atom is -0.496 e. The maximum atomic E-state index is 12.6. The molecule has 0 bridgehead atoms. The molecule has 0 saturated heterocycles. The number of halogens is 2. The second-order valence-corrected chi connectivity index (χ2v) is 8.13. The number of para-hydroxylation sites is 1. The molecule has 1 aliphatic carbocycles. The first kappa shape index (κ1) is 20.6. The summed E-state index contributed by atoms with van der Waals surface area (Å²) in [5.41, 5.74) is -0.981. The smallest absolute Gasteiger partial charge is 0.348 e. The molecule has 1 saturated carbocycles. The van der Waals surface area contributed by atoms with Gasteiger partial charge in [-0.15, -0.1) is 0 Å². The Hall–Kier alpha value is -2.70. The third kappa shape index (κ3) is 3.20. The van der Waals surface area contributed by atoms with Gasteiger partial charge in [-0.25, -0.2) is 4.79 Å². The van der Waals surface area contributed by atoms with Gasteiger partial charge in [0.25, 0.3) is 0 Å². The molecule has 1 fully saturated rings. The van der Waals surface area contributed by atoms with Crippen LogP contribution in [0.25, 0.3) is 22.3 Å². The lowest BCUT2D eigenvalue weighted by Crippen LogP contribution is -2.57. The van der Waals surface area contributed by atoms with Crippen molar-refractivity contribution in [3.05, 3.63) is 56.7 Å². The predicted octanol–water partition coefficient (Wildman–Crippen LogP) is 5.41. The van der Waals surface area contributed by atoms with Gasteiger partial charge in [-0.1, -0.05) is 36.2 Å². The van der Waals surface area contributed by atoms with E-state index in [4.69, 9.17) is 37.1 Å². The molecule has 156 valence electrons. The molecule has 30 heavy (non-hydrogen) atoms. The number of aliphatic carboxylic acids is 1. The number of methoxy groups -OCH3 is 1. The Morgan fingerprint density at radius 2 is 1.97 bits per heavy atom. The highest BCUT2D eigenvalue weighted by atomic mass is 35.5. The number of fused-ring (bicyclic) bond motifs is 1. The van der Waals surface area contributed by atoms with Crippen molar-refractivity contribution in [3.63, 3.8) is 0 Å². The number of carboxylic acids is 1. The second-order valence-electron chi connectivity index (χ2n) is 7.31. The van der Waals surface area contributed by atoms with E-state index in [1.54, 1.807) is 18.2 Å². The first-order valence-electron chi connectivity index (χ1n) is 9.29. The summed E-state index contributed by atoms with van der Waals surface area (Å²) in [4.78, 5) is 24.5. The molecule has 0 spiro atoms. The van der Waals surface area contributed by atoms with Gasteiger partial charge in [0.15, 0.2) is 11.0 Å². The molecule has 2 atom stereocenters. The number of carbonyl (C=O) groups is 1. The van der Waals surface area contributed by atoms with Gasteiger partial charge in [-0.05, 0) is 31.0 Å².